The fraction of sp³-hybridized carbons (Fsp3) is 0.167. The largest absolute Gasteiger partial charge is 0.397 e. The molecule has 0 atom stereocenters. The van der Waals surface area contributed by atoms with E-state index in [4.69, 9.17) is 28.9 Å². The Balaban J connectivity index is 2.29. The third kappa shape index (κ3) is 3.10. The molecule has 0 amide bonds. The molecule has 0 aliphatic heterocycles. The first kappa shape index (κ1) is 15.6. The van der Waals surface area contributed by atoms with Gasteiger partial charge in [-0.1, -0.05) is 23.2 Å². The fourth-order valence-corrected chi connectivity index (χ4v) is 3.95. The van der Waals surface area contributed by atoms with Crippen LogP contribution in [-0.4, -0.2) is 19.8 Å². The molecule has 1 heterocycles. The van der Waals surface area contributed by atoms with Gasteiger partial charge >= 0.3 is 0 Å². The van der Waals surface area contributed by atoms with Gasteiger partial charge in [-0.05, 0) is 29.1 Å². The summed E-state index contributed by atoms with van der Waals surface area (Å²) in [6.07, 6.45) is 0. The van der Waals surface area contributed by atoms with E-state index in [2.05, 4.69) is 0 Å². The SMILES string of the molecule is CN(Cc1cscc1Cl)S(=O)(=O)c1ccc(Cl)c(N)c1. The summed E-state index contributed by atoms with van der Waals surface area (Å²) in [5, 5.41) is 4.47. The maximum Gasteiger partial charge on any atom is 0.243 e. The van der Waals surface area contributed by atoms with Gasteiger partial charge in [0.2, 0.25) is 10.0 Å². The number of nitrogens with two attached hydrogens (primary N) is 1. The van der Waals surface area contributed by atoms with Crippen molar-refractivity contribution in [1.29, 1.82) is 0 Å². The minimum absolute atomic E-state index is 0.105. The van der Waals surface area contributed by atoms with Crippen LogP contribution in [0.5, 0.6) is 0 Å². The molecule has 1 aromatic carbocycles. The number of rotatable bonds is 4. The molecule has 108 valence electrons. The van der Waals surface area contributed by atoms with E-state index in [0.717, 1.165) is 5.56 Å². The van der Waals surface area contributed by atoms with E-state index in [0.29, 0.717) is 10.0 Å². The maximum atomic E-state index is 12.4. The van der Waals surface area contributed by atoms with Crippen LogP contribution in [-0.2, 0) is 16.6 Å². The van der Waals surface area contributed by atoms with E-state index >= 15 is 0 Å². The third-order valence-corrected chi connectivity index (χ3v) is 6.17. The molecular formula is C12H12Cl2N2O2S2. The van der Waals surface area contributed by atoms with Gasteiger partial charge in [0.05, 0.1) is 20.6 Å². The normalized spacial score (nSPS) is 12.0. The van der Waals surface area contributed by atoms with E-state index in [1.54, 1.807) is 5.38 Å². The highest BCUT2D eigenvalue weighted by atomic mass is 35.5. The van der Waals surface area contributed by atoms with E-state index in [-0.39, 0.29) is 17.1 Å². The van der Waals surface area contributed by atoms with Crippen molar-refractivity contribution >= 4 is 50.2 Å². The van der Waals surface area contributed by atoms with Crippen LogP contribution in [0.1, 0.15) is 5.56 Å². The summed E-state index contributed by atoms with van der Waals surface area (Å²) in [4.78, 5) is 0.105. The molecule has 0 fully saturated rings. The van der Waals surface area contributed by atoms with Gasteiger partial charge in [0.25, 0.3) is 0 Å². The lowest BCUT2D eigenvalue weighted by molar-refractivity contribution is 0.467. The van der Waals surface area contributed by atoms with Crippen molar-refractivity contribution in [2.45, 2.75) is 11.4 Å². The monoisotopic (exact) mass is 350 g/mol. The first-order valence-electron chi connectivity index (χ1n) is 5.54. The molecule has 0 aliphatic carbocycles. The second-order valence-corrected chi connectivity index (χ2v) is 7.79. The van der Waals surface area contributed by atoms with Gasteiger partial charge in [-0.3, -0.25) is 0 Å². The minimum Gasteiger partial charge on any atom is -0.397 e. The first-order valence-corrected chi connectivity index (χ1v) is 8.68. The summed E-state index contributed by atoms with van der Waals surface area (Å²) in [5.74, 6) is 0. The Morgan fingerprint density at radius 2 is 1.95 bits per heavy atom. The van der Waals surface area contributed by atoms with Crippen molar-refractivity contribution in [2.24, 2.45) is 0 Å². The van der Waals surface area contributed by atoms with E-state index in [1.807, 2.05) is 5.38 Å². The summed E-state index contributed by atoms with van der Waals surface area (Å²) in [7, 11) is -2.14. The van der Waals surface area contributed by atoms with Crippen LogP contribution in [0.4, 0.5) is 5.69 Å². The molecule has 2 rings (SSSR count). The number of anilines is 1. The Bertz CT molecular complexity index is 729. The number of hydrogen-bond acceptors (Lipinski definition) is 4. The highest BCUT2D eigenvalue weighted by Crippen LogP contribution is 2.27. The molecule has 0 saturated heterocycles. The number of nitrogens with zero attached hydrogens (tertiary/aromatic N) is 1. The molecule has 20 heavy (non-hydrogen) atoms. The van der Waals surface area contributed by atoms with E-state index in [1.165, 1.54) is 40.9 Å². The smallest absolute Gasteiger partial charge is 0.243 e. The Morgan fingerprint density at radius 1 is 1.25 bits per heavy atom. The van der Waals surface area contributed by atoms with E-state index < -0.39 is 10.0 Å². The fourth-order valence-electron chi connectivity index (χ4n) is 1.61. The van der Waals surface area contributed by atoms with Crippen molar-refractivity contribution < 1.29 is 8.42 Å². The van der Waals surface area contributed by atoms with Crippen LogP contribution in [0.25, 0.3) is 0 Å². The van der Waals surface area contributed by atoms with Crippen molar-refractivity contribution in [3.63, 3.8) is 0 Å². The number of benzene rings is 1. The van der Waals surface area contributed by atoms with Crippen molar-refractivity contribution in [3.8, 4) is 0 Å². The molecule has 0 aliphatic rings. The van der Waals surface area contributed by atoms with Crippen LogP contribution in [0.3, 0.4) is 0 Å². The zero-order valence-corrected chi connectivity index (χ0v) is 13.7. The lowest BCUT2D eigenvalue weighted by atomic mass is 10.3. The number of hydrogen-bond donors (Lipinski definition) is 1. The molecule has 0 bridgehead atoms. The van der Waals surface area contributed by atoms with Crippen LogP contribution in [0, 0.1) is 0 Å². The Morgan fingerprint density at radius 3 is 2.50 bits per heavy atom. The topological polar surface area (TPSA) is 63.4 Å². The average Bonchev–Trinajstić information content (AvgIpc) is 2.78. The van der Waals surface area contributed by atoms with Crippen molar-refractivity contribution in [2.75, 3.05) is 12.8 Å². The number of sulfonamides is 1. The lowest BCUT2D eigenvalue weighted by Gasteiger charge is -2.17. The molecule has 0 unspecified atom stereocenters. The van der Waals surface area contributed by atoms with Gasteiger partial charge in [-0.25, -0.2) is 8.42 Å². The van der Waals surface area contributed by atoms with Gasteiger partial charge in [0, 0.05) is 19.0 Å². The second kappa shape index (κ2) is 5.91. The van der Waals surface area contributed by atoms with Gasteiger partial charge in [-0.2, -0.15) is 15.6 Å². The van der Waals surface area contributed by atoms with Crippen LogP contribution in [0.2, 0.25) is 10.0 Å². The predicted molar refractivity (Wildman–Crippen MR) is 83.8 cm³/mol. The molecule has 0 saturated carbocycles. The third-order valence-electron chi connectivity index (χ3n) is 2.76. The van der Waals surface area contributed by atoms with Gasteiger partial charge in [0.15, 0.2) is 0 Å². The van der Waals surface area contributed by atoms with Crippen LogP contribution >= 0.6 is 34.5 Å². The number of thiophene rings is 1. The summed E-state index contributed by atoms with van der Waals surface area (Å²) in [5.41, 5.74) is 6.64. The average molecular weight is 351 g/mol. The minimum atomic E-state index is -3.63. The second-order valence-electron chi connectivity index (χ2n) is 4.19. The Hall–Kier alpha value is -0.790. The van der Waals surface area contributed by atoms with Gasteiger partial charge in [0.1, 0.15) is 0 Å². The molecule has 8 heteroatoms. The highest BCUT2D eigenvalue weighted by Gasteiger charge is 2.22. The van der Waals surface area contributed by atoms with Crippen LogP contribution < -0.4 is 5.73 Å². The Labute approximate surface area is 131 Å². The lowest BCUT2D eigenvalue weighted by Crippen LogP contribution is -2.26. The molecule has 4 nitrogen and oxygen atoms in total. The van der Waals surface area contributed by atoms with Crippen LogP contribution in [0.15, 0.2) is 33.9 Å². The molecule has 2 N–H and O–H groups in total. The number of halogens is 2. The van der Waals surface area contributed by atoms with Crippen molar-refractivity contribution in [3.05, 3.63) is 44.6 Å². The quantitative estimate of drug-likeness (QED) is 0.858. The van der Waals surface area contributed by atoms with Gasteiger partial charge < -0.3 is 5.73 Å². The molecule has 0 radical (unpaired) electrons. The summed E-state index contributed by atoms with van der Waals surface area (Å²) >= 11 is 13.2. The number of nitrogen functional groups attached to an aromatic ring is 1. The predicted octanol–water partition coefficient (Wildman–Crippen LogP) is 3.46. The molecular weight excluding hydrogens is 339 g/mol. The Kier molecular flexibility index (Phi) is 4.61. The van der Waals surface area contributed by atoms with Gasteiger partial charge in [-0.15, -0.1) is 0 Å². The summed E-state index contributed by atoms with van der Waals surface area (Å²) in [6.45, 7) is 0.202. The standard InChI is InChI=1S/C12H12Cl2N2O2S2/c1-16(5-8-6-19-7-11(8)14)20(17,18)9-2-3-10(13)12(15)4-9/h2-4,6-7H,5,15H2,1H3. The van der Waals surface area contributed by atoms with E-state index in [9.17, 15) is 8.42 Å². The zero-order chi connectivity index (χ0) is 14.9. The van der Waals surface area contributed by atoms with Crippen molar-refractivity contribution in [1.82, 2.24) is 4.31 Å². The molecule has 0 spiro atoms. The zero-order valence-electron chi connectivity index (χ0n) is 10.5. The maximum absolute atomic E-state index is 12.4. The molecule has 1 aromatic heterocycles. The summed E-state index contributed by atoms with van der Waals surface area (Å²) in [6, 6.07) is 4.25. The summed E-state index contributed by atoms with van der Waals surface area (Å²) < 4.78 is 26.1. The molecule has 2 aromatic rings. The highest BCUT2D eigenvalue weighted by molar-refractivity contribution is 7.89. The first-order chi connectivity index (χ1) is 9.32.